The molecule has 0 radical (unpaired) electrons. The van der Waals surface area contributed by atoms with E-state index in [-0.39, 0.29) is 17.7 Å². The lowest BCUT2D eigenvalue weighted by Crippen LogP contribution is -2.45. The fourth-order valence-corrected chi connectivity index (χ4v) is 3.21. The van der Waals surface area contributed by atoms with Crippen molar-refractivity contribution in [2.24, 2.45) is 5.92 Å². The number of rotatable bonds is 3. The van der Waals surface area contributed by atoms with E-state index in [9.17, 15) is 9.59 Å². The molecule has 23 heavy (non-hydrogen) atoms. The standard InChI is InChI=1S/C16H24N4O3/c1-3-18(2)16(22)14-13-5-4-12(10-20(13)11-17-14)15(21)19-6-8-23-9-7-19/h11-12H,3-10H2,1-2H3. The molecule has 2 aliphatic heterocycles. The van der Waals surface area contributed by atoms with Crippen molar-refractivity contribution in [3.05, 3.63) is 17.7 Å². The molecule has 3 heterocycles. The molecule has 1 aromatic rings. The van der Waals surface area contributed by atoms with Crippen LogP contribution in [-0.4, -0.2) is 71.1 Å². The highest BCUT2D eigenvalue weighted by Gasteiger charge is 2.32. The number of hydrogen-bond donors (Lipinski definition) is 0. The Morgan fingerprint density at radius 1 is 1.39 bits per heavy atom. The second kappa shape index (κ2) is 6.70. The summed E-state index contributed by atoms with van der Waals surface area (Å²) in [5, 5.41) is 0. The number of hydrogen-bond acceptors (Lipinski definition) is 4. The van der Waals surface area contributed by atoms with E-state index >= 15 is 0 Å². The summed E-state index contributed by atoms with van der Waals surface area (Å²) in [6, 6.07) is 0. The Kier molecular flexibility index (Phi) is 4.66. The van der Waals surface area contributed by atoms with Crippen molar-refractivity contribution in [1.29, 1.82) is 0 Å². The molecule has 3 rings (SSSR count). The van der Waals surface area contributed by atoms with E-state index in [4.69, 9.17) is 4.74 Å². The average molecular weight is 320 g/mol. The summed E-state index contributed by atoms with van der Waals surface area (Å²) in [6.07, 6.45) is 3.20. The third kappa shape index (κ3) is 3.10. The summed E-state index contributed by atoms with van der Waals surface area (Å²) in [4.78, 5) is 32.8. The van der Waals surface area contributed by atoms with Gasteiger partial charge in [0.05, 0.1) is 31.2 Å². The Morgan fingerprint density at radius 3 is 2.83 bits per heavy atom. The van der Waals surface area contributed by atoms with Crippen LogP contribution in [0, 0.1) is 5.92 Å². The largest absolute Gasteiger partial charge is 0.378 e. The molecule has 1 saturated heterocycles. The topological polar surface area (TPSA) is 67.7 Å². The summed E-state index contributed by atoms with van der Waals surface area (Å²) in [7, 11) is 1.78. The molecule has 7 nitrogen and oxygen atoms in total. The molecule has 1 aromatic heterocycles. The second-order valence-electron chi connectivity index (χ2n) is 6.18. The molecule has 1 atom stereocenters. The zero-order valence-corrected chi connectivity index (χ0v) is 13.8. The van der Waals surface area contributed by atoms with Gasteiger partial charge in [-0.25, -0.2) is 4.98 Å². The smallest absolute Gasteiger partial charge is 0.274 e. The zero-order chi connectivity index (χ0) is 16.4. The third-order valence-electron chi connectivity index (χ3n) is 4.79. The maximum Gasteiger partial charge on any atom is 0.274 e. The van der Waals surface area contributed by atoms with Gasteiger partial charge < -0.3 is 19.1 Å². The Hall–Kier alpha value is -1.89. The van der Waals surface area contributed by atoms with Crippen molar-refractivity contribution in [3.8, 4) is 0 Å². The number of fused-ring (bicyclic) bond motifs is 1. The molecular weight excluding hydrogens is 296 g/mol. The number of nitrogens with zero attached hydrogens (tertiary/aromatic N) is 4. The van der Waals surface area contributed by atoms with Crippen molar-refractivity contribution < 1.29 is 14.3 Å². The Labute approximate surface area is 136 Å². The first kappa shape index (κ1) is 16.0. The molecule has 0 bridgehead atoms. The van der Waals surface area contributed by atoms with Crippen LogP contribution in [0.5, 0.6) is 0 Å². The van der Waals surface area contributed by atoms with Gasteiger partial charge >= 0.3 is 0 Å². The lowest BCUT2D eigenvalue weighted by Gasteiger charge is -2.32. The zero-order valence-electron chi connectivity index (χ0n) is 13.8. The van der Waals surface area contributed by atoms with Gasteiger partial charge in [-0.2, -0.15) is 0 Å². The molecule has 2 amide bonds. The van der Waals surface area contributed by atoms with Gasteiger partial charge in [-0.05, 0) is 19.8 Å². The lowest BCUT2D eigenvalue weighted by molar-refractivity contribution is -0.140. The number of carbonyl (C=O) groups is 2. The van der Waals surface area contributed by atoms with Crippen LogP contribution in [0.2, 0.25) is 0 Å². The molecule has 0 spiro atoms. The van der Waals surface area contributed by atoms with E-state index in [0.29, 0.717) is 45.1 Å². The van der Waals surface area contributed by atoms with E-state index in [1.807, 2.05) is 16.4 Å². The summed E-state index contributed by atoms with van der Waals surface area (Å²) in [5.74, 6) is 0.132. The minimum absolute atomic E-state index is 0.0262. The van der Waals surface area contributed by atoms with Crippen LogP contribution in [0.4, 0.5) is 0 Å². The monoisotopic (exact) mass is 320 g/mol. The molecule has 126 valence electrons. The van der Waals surface area contributed by atoms with Crippen LogP contribution in [0.25, 0.3) is 0 Å². The summed E-state index contributed by atoms with van der Waals surface area (Å²) in [5.41, 5.74) is 1.49. The summed E-state index contributed by atoms with van der Waals surface area (Å²) in [6.45, 7) is 5.81. The van der Waals surface area contributed by atoms with E-state index in [0.717, 1.165) is 18.5 Å². The Balaban J connectivity index is 1.71. The summed E-state index contributed by atoms with van der Waals surface area (Å²) >= 11 is 0. The molecule has 0 N–H and O–H groups in total. The SMILES string of the molecule is CCN(C)C(=O)c1ncn2c1CCC(C(=O)N1CCOCC1)C2. The molecule has 0 saturated carbocycles. The molecule has 1 unspecified atom stereocenters. The molecule has 2 aliphatic rings. The normalized spacial score (nSPS) is 21.0. The van der Waals surface area contributed by atoms with Crippen LogP contribution >= 0.6 is 0 Å². The van der Waals surface area contributed by atoms with Crippen LogP contribution < -0.4 is 0 Å². The number of carbonyl (C=O) groups excluding carboxylic acids is 2. The molecule has 1 fully saturated rings. The maximum absolute atomic E-state index is 12.6. The highest BCUT2D eigenvalue weighted by atomic mass is 16.5. The molecule has 0 aliphatic carbocycles. The number of amides is 2. The Bertz CT molecular complexity index is 592. The van der Waals surface area contributed by atoms with E-state index in [2.05, 4.69) is 4.98 Å². The van der Waals surface area contributed by atoms with Gasteiger partial charge in [0.25, 0.3) is 5.91 Å². The van der Waals surface area contributed by atoms with Crippen LogP contribution in [0.3, 0.4) is 0 Å². The van der Waals surface area contributed by atoms with Gasteiger partial charge in [-0.1, -0.05) is 0 Å². The molecule has 7 heteroatoms. The predicted octanol–water partition coefficient (Wildman–Crippen LogP) is 0.396. The van der Waals surface area contributed by atoms with E-state index < -0.39 is 0 Å². The highest BCUT2D eigenvalue weighted by Crippen LogP contribution is 2.25. The third-order valence-corrected chi connectivity index (χ3v) is 4.79. The van der Waals surface area contributed by atoms with Crippen LogP contribution in [0.15, 0.2) is 6.33 Å². The number of imidazole rings is 1. The van der Waals surface area contributed by atoms with Gasteiger partial charge in [0.1, 0.15) is 5.69 Å². The Morgan fingerprint density at radius 2 is 2.13 bits per heavy atom. The first-order valence-electron chi connectivity index (χ1n) is 8.27. The van der Waals surface area contributed by atoms with Crippen molar-refractivity contribution in [2.75, 3.05) is 39.9 Å². The lowest BCUT2D eigenvalue weighted by atomic mass is 9.95. The quantitative estimate of drug-likeness (QED) is 0.808. The van der Waals surface area contributed by atoms with Crippen LogP contribution in [0.1, 0.15) is 29.5 Å². The predicted molar refractivity (Wildman–Crippen MR) is 84.1 cm³/mol. The van der Waals surface area contributed by atoms with Gasteiger partial charge in [-0.15, -0.1) is 0 Å². The number of morpholine rings is 1. The molecular formula is C16H24N4O3. The van der Waals surface area contributed by atoms with Crippen molar-refractivity contribution in [1.82, 2.24) is 19.4 Å². The van der Waals surface area contributed by atoms with Gasteiger partial charge in [-0.3, -0.25) is 9.59 Å². The minimum Gasteiger partial charge on any atom is -0.378 e. The second-order valence-corrected chi connectivity index (χ2v) is 6.18. The van der Waals surface area contributed by atoms with Gasteiger partial charge in [0.2, 0.25) is 5.91 Å². The van der Waals surface area contributed by atoms with Crippen LogP contribution in [-0.2, 0) is 22.5 Å². The molecule has 0 aromatic carbocycles. The van der Waals surface area contributed by atoms with Crippen molar-refractivity contribution in [3.63, 3.8) is 0 Å². The highest BCUT2D eigenvalue weighted by molar-refractivity contribution is 5.93. The van der Waals surface area contributed by atoms with Gasteiger partial charge in [0, 0.05) is 33.2 Å². The summed E-state index contributed by atoms with van der Waals surface area (Å²) < 4.78 is 7.28. The minimum atomic E-state index is -0.0424. The first-order chi connectivity index (χ1) is 11.1. The van der Waals surface area contributed by atoms with E-state index in [1.165, 1.54) is 0 Å². The fraction of sp³-hybridized carbons (Fsp3) is 0.688. The average Bonchev–Trinajstić information content (AvgIpc) is 3.03. The van der Waals surface area contributed by atoms with Gasteiger partial charge in [0.15, 0.2) is 0 Å². The first-order valence-corrected chi connectivity index (χ1v) is 8.27. The number of ether oxygens (including phenoxy) is 1. The number of aromatic nitrogens is 2. The van der Waals surface area contributed by atoms with Crippen molar-refractivity contribution in [2.45, 2.75) is 26.3 Å². The van der Waals surface area contributed by atoms with Crippen molar-refractivity contribution >= 4 is 11.8 Å². The fourth-order valence-electron chi connectivity index (χ4n) is 3.21. The van der Waals surface area contributed by atoms with E-state index in [1.54, 1.807) is 18.3 Å². The maximum atomic E-state index is 12.6.